The number of rotatable bonds is 3. The number of pyridine rings is 1. The molecule has 1 heterocycles. The zero-order chi connectivity index (χ0) is 15.1. The van der Waals surface area contributed by atoms with Crippen LogP contribution in [0, 0.1) is 11.8 Å². The van der Waals surface area contributed by atoms with Gasteiger partial charge in [0.05, 0.1) is 5.56 Å². The van der Waals surface area contributed by atoms with Gasteiger partial charge in [-0.3, -0.25) is 9.78 Å². The number of carbonyl (C=O) groups excluding carboxylic acids is 1. The average molecular weight is 304 g/mol. The van der Waals surface area contributed by atoms with Crippen LogP contribution < -0.4 is 5.32 Å². The lowest BCUT2D eigenvalue weighted by molar-refractivity contribution is 0.0929. The standard InChI is InChI=1S/C16H20N2O2S/c1-21-15-7-3-2-6-14(15)18-16(20)13-9-12(5-4-8-19)10-17-11-13/h9-11,14-15,19H,2-3,6-8H2,1H3,(H,18,20). The molecule has 1 fully saturated rings. The number of amides is 1. The van der Waals surface area contributed by atoms with Gasteiger partial charge >= 0.3 is 0 Å². The van der Waals surface area contributed by atoms with Crippen molar-refractivity contribution in [2.45, 2.75) is 37.0 Å². The Bertz CT molecular complexity index is 551. The van der Waals surface area contributed by atoms with Crippen molar-refractivity contribution < 1.29 is 9.90 Å². The molecule has 1 aliphatic carbocycles. The fraction of sp³-hybridized carbons (Fsp3) is 0.500. The van der Waals surface area contributed by atoms with Gasteiger partial charge < -0.3 is 10.4 Å². The number of nitrogens with one attached hydrogen (secondary N) is 1. The Labute approximate surface area is 129 Å². The first-order valence-corrected chi connectivity index (χ1v) is 8.42. The fourth-order valence-corrected chi connectivity index (χ4v) is 3.50. The van der Waals surface area contributed by atoms with Gasteiger partial charge in [0.25, 0.3) is 5.91 Å². The van der Waals surface area contributed by atoms with Crippen molar-refractivity contribution in [3.8, 4) is 11.8 Å². The minimum absolute atomic E-state index is 0.0962. The Balaban J connectivity index is 2.05. The van der Waals surface area contributed by atoms with Crippen LogP contribution in [0.3, 0.4) is 0 Å². The van der Waals surface area contributed by atoms with Crippen molar-refractivity contribution in [2.75, 3.05) is 12.9 Å². The second kappa shape index (κ2) is 8.06. The van der Waals surface area contributed by atoms with Gasteiger partial charge in [0, 0.05) is 29.2 Å². The minimum atomic E-state index is -0.200. The molecule has 1 aliphatic rings. The molecule has 0 bridgehead atoms. The molecule has 0 spiro atoms. The molecule has 2 rings (SSSR count). The maximum Gasteiger partial charge on any atom is 0.253 e. The fourth-order valence-electron chi connectivity index (χ4n) is 2.57. The van der Waals surface area contributed by atoms with E-state index in [0.29, 0.717) is 16.4 Å². The summed E-state index contributed by atoms with van der Waals surface area (Å²) < 4.78 is 0. The van der Waals surface area contributed by atoms with Gasteiger partial charge in [-0.1, -0.05) is 24.7 Å². The molecule has 0 saturated heterocycles. The Morgan fingerprint density at radius 3 is 3.05 bits per heavy atom. The van der Waals surface area contributed by atoms with Crippen LogP contribution in [0.1, 0.15) is 41.6 Å². The number of thioether (sulfide) groups is 1. The molecule has 0 aliphatic heterocycles. The van der Waals surface area contributed by atoms with E-state index in [1.54, 1.807) is 18.5 Å². The van der Waals surface area contributed by atoms with Crippen LogP contribution in [0.2, 0.25) is 0 Å². The van der Waals surface area contributed by atoms with Crippen molar-refractivity contribution in [3.63, 3.8) is 0 Å². The Kier molecular flexibility index (Phi) is 6.09. The predicted octanol–water partition coefficient (Wildman–Crippen LogP) is 1.83. The third-order valence-corrected chi connectivity index (χ3v) is 4.80. The number of nitrogens with zero attached hydrogens (tertiary/aromatic N) is 1. The first-order chi connectivity index (χ1) is 10.2. The Hall–Kier alpha value is -1.51. The van der Waals surface area contributed by atoms with Crippen LogP contribution in [0.25, 0.3) is 0 Å². The molecule has 1 saturated carbocycles. The molecule has 2 unspecified atom stereocenters. The molecule has 1 aromatic heterocycles. The van der Waals surface area contributed by atoms with Gasteiger partial charge in [-0.25, -0.2) is 0 Å². The van der Waals surface area contributed by atoms with Crippen molar-refractivity contribution in [2.24, 2.45) is 0 Å². The number of carbonyl (C=O) groups is 1. The zero-order valence-corrected chi connectivity index (χ0v) is 12.9. The first kappa shape index (κ1) is 15.9. The Morgan fingerprint density at radius 2 is 2.29 bits per heavy atom. The van der Waals surface area contributed by atoms with Gasteiger partial charge in [0.15, 0.2) is 0 Å². The molecule has 5 heteroatoms. The molecule has 4 nitrogen and oxygen atoms in total. The van der Waals surface area contributed by atoms with Crippen molar-refractivity contribution in [1.29, 1.82) is 0 Å². The summed E-state index contributed by atoms with van der Waals surface area (Å²) in [5, 5.41) is 12.3. The number of aromatic nitrogens is 1. The lowest BCUT2D eigenvalue weighted by atomic mass is 9.94. The number of hydrogen-bond acceptors (Lipinski definition) is 4. The summed E-state index contributed by atoms with van der Waals surface area (Å²) in [6.07, 6.45) is 9.85. The van der Waals surface area contributed by atoms with Crippen LogP contribution in [-0.4, -0.2) is 40.2 Å². The highest BCUT2D eigenvalue weighted by molar-refractivity contribution is 7.99. The molecule has 0 aromatic carbocycles. The quantitative estimate of drug-likeness (QED) is 0.836. The van der Waals surface area contributed by atoms with Crippen LogP contribution in [0.4, 0.5) is 0 Å². The summed E-state index contributed by atoms with van der Waals surface area (Å²) in [5.74, 6) is 5.23. The average Bonchev–Trinajstić information content (AvgIpc) is 2.53. The predicted molar refractivity (Wildman–Crippen MR) is 85.2 cm³/mol. The second-order valence-corrected chi connectivity index (χ2v) is 6.14. The van der Waals surface area contributed by atoms with Crippen LogP contribution in [-0.2, 0) is 0 Å². The maximum atomic E-state index is 12.3. The van der Waals surface area contributed by atoms with Crippen LogP contribution >= 0.6 is 11.8 Å². The van der Waals surface area contributed by atoms with Gasteiger partial charge in [0.1, 0.15) is 6.61 Å². The monoisotopic (exact) mass is 304 g/mol. The van der Waals surface area contributed by atoms with E-state index >= 15 is 0 Å². The lowest BCUT2D eigenvalue weighted by Crippen LogP contribution is -2.43. The summed E-state index contributed by atoms with van der Waals surface area (Å²) in [5.41, 5.74) is 1.16. The molecule has 21 heavy (non-hydrogen) atoms. The zero-order valence-electron chi connectivity index (χ0n) is 12.1. The number of aliphatic hydroxyl groups excluding tert-OH is 1. The van der Waals surface area contributed by atoms with Gasteiger partial charge in [-0.15, -0.1) is 0 Å². The molecule has 2 N–H and O–H groups in total. The number of aliphatic hydroxyl groups is 1. The van der Waals surface area contributed by atoms with E-state index in [1.807, 2.05) is 11.8 Å². The van der Waals surface area contributed by atoms with Gasteiger partial charge in [-0.2, -0.15) is 11.8 Å². The summed E-state index contributed by atoms with van der Waals surface area (Å²) >= 11 is 1.82. The highest BCUT2D eigenvalue weighted by Gasteiger charge is 2.26. The molecular weight excluding hydrogens is 284 g/mol. The normalized spacial score (nSPS) is 21.2. The van der Waals surface area contributed by atoms with Crippen LogP contribution in [0.5, 0.6) is 0 Å². The van der Waals surface area contributed by atoms with E-state index in [1.165, 1.54) is 12.8 Å². The third-order valence-electron chi connectivity index (χ3n) is 3.63. The molecule has 0 radical (unpaired) electrons. The topological polar surface area (TPSA) is 62.2 Å². The third kappa shape index (κ3) is 4.48. The molecule has 2 atom stereocenters. The highest BCUT2D eigenvalue weighted by atomic mass is 32.2. The number of hydrogen-bond donors (Lipinski definition) is 2. The Morgan fingerprint density at radius 1 is 1.48 bits per heavy atom. The maximum absolute atomic E-state index is 12.3. The second-order valence-electron chi connectivity index (χ2n) is 5.06. The van der Waals surface area contributed by atoms with Gasteiger partial charge in [-0.05, 0) is 25.2 Å². The summed E-state index contributed by atoms with van der Waals surface area (Å²) in [6, 6.07) is 1.94. The van der Waals surface area contributed by atoms with Crippen LogP contribution in [0.15, 0.2) is 18.5 Å². The summed E-state index contributed by atoms with van der Waals surface area (Å²) in [4.78, 5) is 16.4. The van der Waals surface area contributed by atoms with E-state index in [9.17, 15) is 4.79 Å². The van der Waals surface area contributed by atoms with Crippen molar-refractivity contribution in [1.82, 2.24) is 10.3 Å². The largest absolute Gasteiger partial charge is 0.384 e. The van der Waals surface area contributed by atoms with E-state index in [0.717, 1.165) is 12.8 Å². The first-order valence-electron chi connectivity index (χ1n) is 7.13. The van der Waals surface area contributed by atoms with E-state index in [4.69, 9.17) is 5.11 Å². The smallest absolute Gasteiger partial charge is 0.253 e. The van der Waals surface area contributed by atoms with Gasteiger partial charge in [0.2, 0.25) is 0 Å². The lowest BCUT2D eigenvalue weighted by Gasteiger charge is -2.30. The summed E-state index contributed by atoms with van der Waals surface area (Å²) in [7, 11) is 0. The van der Waals surface area contributed by atoms with Crippen molar-refractivity contribution >= 4 is 17.7 Å². The molecule has 1 amide bonds. The van der Waals surface area contributed by atoms with E-state index in [2.05, 4.69) is 28.4 Å². The highest BCUT2D eigenvalue weighted by Crippen LogP contribution is 2.27. The molecule has 112 valence electrons. The molecule has 1 aromatic rings. The SMILES string of the molecule is CSC1CCCCC1NC(=O)c1cncc(C#CCO)c1. The minimum Gasteiger partial charge on any atom is -0.384 e. The van der Waals surface area contributed by atoms with Crippen molar-refractivity contribution in [3.05, 3.63) is 29.6 Å². The van der Waals surface area contributed by atoms with E-state index in [-0.39, 0.29) is 18.6 Å². The van der Waals surface area contributed by atoms with E-state index < -0.39 is 0 Å². The summed E-state index contributed by atoms with van der Waals surface area (Å²) in [6.45, 7) is -0.200. The molecular formula is C16H20N2O2S.